The van der Waals surface area contributed by atoms with Crippen LogP contribution in [0.2, 0.25) is 0 Å². The van der Waals surface area contributed by atoms with Crippen LogP contribution in [0.25, 0.3) is 0 Å². The third-order valence-corrected chi connectivity index (χ3v) is 1.88. The Morgan fingerprint density at radius 3 is 2.85 bits per heavy atom. The molecule has 0 aliphatic heterocycles. The lowest BCUT2D eigenvalue weighted by Crippen LogP contribution is -2.24. The van der Waals surface area contributed by atoms with E-state index in [1.54, 1.807) is 6.20 Å². The van der Waals surface area contributed by atoms with Crippen molar-refractivity contribution in [3.63, 3.8) is 0 Å². The molecule has 1 unspecified atom stereocenters. The number of aryl methyl sites for hydroxylation is 1. The second kappa shape index (κ2) is 4.23. The molecular weight excluding hydrogens is 162 g/mol. The second-order valence-corrected chi connectivity index (χ2v) is 3.53. The SMILES string of the molecule is CC(C)=CC(N)Cn1ccnc1C. The van der Waals surface area contributed by atoms with Crippen LogP contribution < -0.4 is 5.73 Å². The summed E-state index contributed by atoms with van der Waals surface area (Å²) in [6.45, 7) is 6.90. The van der Waals surface area contributed by atoms with Crippen molar-refractivity contribution in [3.8, 4) is 0 Å². The van der Waals surface area contributed by atoms with Gasteiger partial charge in [0.1, 0.15) is 5.82 Å². The highest BCUT2D eigenvalue weighted by Gasteiger charge is 2.01. The van der Waals surface area contributed by atoms with E-state index in [0.717, 1.165) is 12.4 Å². The summed E-state index contributed by atoms with van der Waals surface area (Å²) in [5.41, 5.74) is 7.16. The minimum atomic E-state index is 0.0814. The molecule has 0 bridgehead atoms. The van der Waals surface area contributed by atoms with Gasteiger partial charge in [-0.2, -0.15) is 0 Å². The Morgan fingerprint density at radius 1 is 1.69 bits per heavy atom. The third-order valence-electron chi connectivity index (χ3n) is 1.88. The average Bonchev–Trinajstić information content (AvgIpc) is 2.34. The van der Waals surface area contributed by atoms with E-state index in [-0.39, 0.29) is 6.04 Å². The van der Waals surface area contributed by atoms with Crippen molar-refractivity contribution in [2.75, 3.05) is 0 Å². The standard InChI is InChI=1S/C10H17N3/c1-8(2)6-10(11)7-13-5-4-12-9(13)3/h4-6,10H,7,11H2,1-3H3. The molecule has 0 amide bonds. The largest absolute Gasteiger partial charge is 0.333 e. The van der Waals surface area contributed by atoms with E-state index in [1.807, 2.05) is 13.1 Å². The smallest absolute Gasteiger partial charge is 0.105 e. The summed E-state index contributed by atoms with van der Waals surface area (Å²) in [6.07, 6.45) is 5.82. The number of allylic oxidation sites excluding steroid dienone is 1. The Bertz CT molecular complexity index is 295. The first-order valence-corrected chi connectivity index (χ1v) is 4.48. The zero-order valence-electron chi connectivity index (χ0n) is 8.49. The first kappa shape index (κ1) is 9.99. The van der Waals surface area contributed by atoms with Crippen LogP contribution in [-0.2, 0) is 6.54 Å². The van der Waals surface area contributed by atoms with Crippen molar-refractivity contribution in [3.05, 3.63) is 29.9 Å². The fourth-order valence-electron chi connectivity index (χ4n) is 1.30. The zero-order chi connectivity index (χ0) is 9.84. The molecule has 0 saturated heterocycles. The first-order chi connectivity index (χ1) is 6.09. The van der Waals surface area contributed by atoms with Gasteiger partial charge in [-0.15, -0.1) is 0 Å². The number of rotatable bonds is 3. The van der Waals surface area contributed by atoms with E-state index in [0.29, 0.717) is 0 Å². The van der Waals surface area contributed by atoms with Crippen molar-refractivity contribution in [2.24, 2.45) is 5.73 Å². The molecule has 1 aromatic rings. The van der Waals surface area contributed by atoms with Crippen molar-refractivity contribution < 1.29 is 0 Å². The Morgan fingerprint density at radius 2 is 2.38 bits per heavy atom. The van der Waals surface area contributed by atoms with Crippen LogP contribution in [0.4, 0.5) is 0 Å². The van der Waals surface area contributed by atoms with E-state index in [2.05, 4.69) is 29.5 Å². The van der Waals surface area contributed by atoms with Crippen LogP contribution in [0, 0.1) is 6.92 Å². The van der Waals surface area contributed by atoms with Gasteiger partial charge in [0.2, 0.25) is 0 Å². The van der Waals surface area contributed by atoms with Gasteiger partial charge in [-0.1, -0.05) is 11.6 Å². The molecular formula is C10H17N3. The number of nitrogens with two attached hydrogens (primary N) is 1. The molecule has 1 rings (SSSR count). The van der Waals surface area contributed by atoms with Gasteiger partial charge >= 0.3 is 0 Å². The highest BCUT2D eigenvalue weighted by atomic mass is 15.1. The van der Waals surface area contributed by atoms with Crippen LogP contribution in [0.15, 0.2) is 24.0 Å². The summed E-state index contributed by atoms with van der Waals surface area (Å²) in [6, 6.07) is 0.0814. The number of nitrogens with zero attached hydrogens (tertiary/aromatic N) is 2. The summed E-state index contributed by atoms with van der Waals surface area (Å²) in [7, 11) is 0. The van der Waals surface area contributed by atoms with Crippen molar-refractivity contribution in [2.45, 2.75) is 33.4 Å². The summed E-state index contributed by atoms with van der Waals surface area (Å²) >= 11 is 0. The molecule has 1 atom stereocenters. The summed E-state index contributed by atoms with van der Waals surface area (Å²) in [4.78, 5) is 4.14. The molecule has 0 aliphatic carbocycles. The minimum absolute atomic E-state index is 0.0814. The summed E-state index contributed by atoms with van der Waals surface area (Å²) < 4.78 is 2.06. The Hall–Kier alpha value is -1.09. The molecule has 0 aromatic carbocycles. The predicted molar refractivity (Wildman–Crippen MR) is 54.4 cm³/mol. The van der Waals surface area contributed by atoms with Gasteiger partial charge < -0.3 is 10.3 Å². The van der Waals surface area contributed by atoms with Gasteiger partial charge in [0.05, 0.1) is 0 Å². The quantitative estimate of drug-likeness (QED) is 0.714. The van der Waals surface area contributed by atoms with Crippen LogP contribution in [-0.4, -0.2) is 15.6 Å². The number of hydrogen-bond donors (Lipinski definition) is 1. The van der Waals surface area contributed by atoms with Crippen molar-refractivity contribution in [1.29, 1.82) is 0 Å². The third kappa shape index (κ3) is 3.03. The number of hydrogen-bond acceptors (Lipinski definition) is 2. The lowest BCUT2D eigenvalue weighted by molar-refractivity contribution is 0.611. The molecule has 0 fully saturated rings. The predicted octanol–water partition coefficient (Wildman–Crippen LogP) is 1.49. The van der Waals surface area contributed by atoms with Crippen LogP contribution >= 0.6 is 0 Å². The zero-order valence-corrected chi connectivity index (χ0v) is 8.49. The highest BCUT2D eigenvalue weighted by Crippen LogP contribution is 1.99. The Labute approximate surface area is 79.3 Å². The van der Waals surface area contributed by atoms with Crippen molar-refractivity contribution >= 4 is 0 Å². The monoisotopic (exact) mass is 179 g/mol. The Balaban J connectivity index is 2.60. The molecule has 3 heteroatoms. The lowest BCUT2D eigenvalue weighted by Gasteiger charge is -2.09. The number of imidazole rings is 1. The molecule has 0 spiro atoms. The molecule has 1 aromatic heterocycles. The average molecular weight is 179 g/mol. The van der Waals surface area contributed by atoms with Crippen LogP contribution in [0.3, 0.4) is 0 Å². The lowest BCUT2D eigenvalue weighted by atomic mass is 10.2. The van der Waals surface area contributed by atoms with E-state index >= 15 is 0 Å². The van der Waals surface area contributed by atoms with Gasteiger partial charge in [-0.05, 0) is 20.8 Å². The topological polar surface area (TPSA) is 43.8 Å². The van der Waals surface area contributed by atoms with Crippen LogP contribution in [0.1, 0.15) is 19.7 Å². The molecule has 0 aliphatic rings. The summed E-state index contributed by atoms with van der Waals surface area (Å²) in [5.74, 6) is 1.01. The maximum Gasteiger partial charge on any atom is 0.105 e. The minimum Gasteiger partial charge on any atom is -0.333 e. The van der Waals surface area contributed by atoms with Gasteiger partial charge in [-0.25, -0.2) is 4.98 Å². The van der Waals surface area contributed by atoms with E-state index < -0.39 is 0 Å². The van der Waals surface area contributed by atoms with E-state index in [9.17, 15) is 0 Å². The molecule has 1 heterocycles. The van der Waals surface area contributed by atoms with Gasteiger partial charge in [0.25, 0.3) is 0 Å². The first-order valence-electron chi connectivity index (χ1n) is 4.48. The molecule has 13 heavy (non-hydrogen) atoms. The molecule has 3 nitrogen and oxygen atoms in total. The van der Waals surface area contributed by atoms with Gasteiger partial charge in [0.15, 0.2) is 0 Å². The van der Waals surface area contributed by atoms with Gasteiger partial charge in [0, 0.05) is 25.0 Å². The van der Waals surface area contributed by atoms with E-state index in [4.69, 9.17) is 5.73 Å². The number of aromatic nitrogens is 2. The highest BCUT2D eigenvalue weighted by molar-refractivity contribution is 5.01. The van der Waals surface area contributed by atoms with Crippen molar-refractivity contribution in [1.82, 2.24) is 9.55 Å². The normalized spacial score (nSPS) is 12.6. The van der Waals surface area contributed by atoms with E-state index in [1.165, 1.54) is 5.57 Å². The molecule has 0 saturated carbocycles. The van der Waals surface area contributed by atoms with Crippen LogP contribution in [0.5, 0.6) is 0 Å². The molecule has 0 radical (unpaired) electrons. The summed E-state index contributed by atoms with van der Waals surface area (Å²) in [5, 5.41) is 0. The second-order valence-electron chi connectivity index (χ2n) is 3.53. The fraction of sp³-hybridized carbons (Fsp3) is 0.500. The maximum atomic E-state index is 5.91. The molecule has 2 N–H and O–H groups in total. The Kier molecular flexibility index (Phi) is 3.25. The fourth-order valence-corrected chi connectivity index (χ4v) is 1.30. The maximum absolute atomic E-state index is 5.91. The van der Waals surface area contributed by atoms with Gasteiger partial charge in [-0.3, -0.25) is 0 Å². The molecule has 72 valence electrons.